The molecule has 0 aliphatic rings. The number of aryl methyl sites for hydroxylation is 2. The van der Waals surface area contributed by atoms with Crippen molar-refractivity contribution in [1.82, 2.24) is 0 Å². The minimum atomic E-state index is -0.612. The second-order valence-electron chi connectivity index (χ2n) is 5.13. The van der Waals surface area contributed by atoms with Crippen molar-refractivity contribution in [2.24, 2.45) is 0 Å². The minimum Gasteiger partial charge on any atom is -0.481 e. The number of rotatable bonds is 4. The molecule has 0 spiro atoms. The van der Waals surface area contributed by atoms with Crippen molar-refractivity contribution in [1.29, 1.82) is 0 Å². The topological polar surface area (TPSA) is 38.3 Å². The Balaban J connectivity index is 2.05. The van der Waals surface area contributed by atoms with Gasteiger partial charge in [-0.3, -0.25) is 4.79 Å². The first kappa shape index (κ1) is 16.8. The fourth-order valence-electron chi connectivity index (χ4n) is 2.04. The predicted octanol–water partition coefficient (Wildman–Crippen LogP) is 5.13. The molecule has 1 amide bonds. The Morgan fingerprint density at radius 1 is 1.23 bits per heavy atom. The van der Waals surface area contributed by atoms with E-state index in [0.29, 0.717) is 5.75 Å². The second kappa shape index (κ2) is 7.16. The molecule has 1 N–H and O–H groups in total. The molecule has 2 aromatic carbocycles. The highest BCUT2D eigenvalue weighted by molar-refractivity contribution is 9.10. The third-order valence-corrected chi connectivity index (χ3v) is 4.27. The zero-order valence-corrected chi connectivity index (χ0v) is 15.0. The Morgan fingerprint density at radius 2 is 1.86 bits per heavy atom. The molecule has 22 heavy (non-hydrogen) atoms. The molecule has 0 radical (unpaired) electrons. The van der Waals surface area contributed by atoms with Gasteiger partial charge >= 0.3 is 0 Å². The van der Waals surface area contributed by atoms with E-state index in [-0.39, 0.29) is 5.91 Å². The Bertz CT molecular complexity index is 680. The zero-order valence-electron chi connectivity index (χ0n) is 12.6. The summed E-state index contributed by atoms with van der Waals surface area (Å²) in [5.41, 5.74) is 2.57. The predicted molar refractivity (Wildman–Crippen MR) is 93.8 cm³/mol. The van der Waals surface area contributed by atoms with Crippen LogP contribution in [0.3, 0.4) is 0 Å². The average Bonchev–Trinajstić information content (AvgIpc) is 2.44. The van der Waals surface area contributed by atoms with E-state index in [2.05, 4.69) is 21.2 Å². The van der Waals surface area contributed by atoms with E-state index < -0.39 is 6.10 Å². The smallest absolute Gasteiger partial charge is 0.265 e. The summed E-state index contributed by atoms with van der Waals surface area (Å²) in [5.74, 6) is 0.430. The van der Waals surface area contributed by atoms with Crippen LogP contribution in [0.4, 0.5) is 5.69 Å². The van der Waals surface area contributed by atoms with Crippen LogP contribution in [0.1, 0.15) is 18.1 Å². The number of carbonyl (C=O) groups excluding carboxylic acids is 1. The first-order valence-corrected chi connectivity index (χ1v) is 8.03. The number of ether oxygens (including phenoxy) is 1. The number of hydrogen-bond acceptors (Lipinski definition) is 2. The fraction of sp³-hybridized carbons (Fsp3) is 0.235. The van der Waals surface area contributed by atoms with Crippen molar-refractivity contribution < 1.29 is 9.53 Å². The van der Waals surface area contributed by atoms with Gasteiger partial charge in [-0.1, -0.05) is 33.6 Å². The van der Waals surface area contributed by atoms with Gasteiger partial charge in [0.25, 0.3) is 5.91 Å². The van der Waals surface area contributed by atoms with Crippen LogP contribution in [-0.4, -0.2) is 12.0 Å². The number of anilines is 1. The first-order chi connectivity index (χ1) is 10.4. The van der Waals surface area contributed by atoms with Gasteiger partial charge in [0.1, 0.15) is 5.75 Å². The van der Waals surface area contributed by atoms with Crippen molar-refractivity contribution in [2.75, 3.05) is 5.32 Å². The normalized spacial score (nSPS) is 11.9. The second-order valence-corrected chi connectivity index (χ2v) is 6.42. The summed E-state index contributed by atoms with van der Waals surface area (Å²) >= 11 is 9.50. The van der Waals surface area contributed by atoms with Gasteiger partial charge in [-0.2, -0.15) is 0 Å². The van der Waals surface area contributed by atoms with Crippen LogP contribution in [0.2, 0.25) is 5.02 Å². The third kappa shape index (κ3) is 4.24. The number of hydrogen-bond donors (Lipinski definition) is 1. The van der Waals surface area contributed by atoms with E-state index in [1.54, 1.807) is 6.92 Å². The zero-order chi connectivity index (χ0) is 16.3. The van der Waals surface area contributed by atoms with Gasteiger partial charge in [-0.25, -0.2) is 0 Å². The molecule has 0 fully saturated rings. The Kier molecular flexibility index (Phi) is 5.48. The summed E-state index contributed by atoms with van der Waals surface area (Å²) in [6.45, 7) is 5.54. The third-order valence-electron chi connectivity index (χ3n) is 3.18. The van der Waals surface area contributed by atoms with E-state index in [0.717, 1.165) is 26.3 Å². The molecule has 0 aromatic heterocycles. The summed E-state index contributed by atoms with van der Waals surface area (Å²) in [4.78, 5) is 12.2. The number of halogens is 2. The minimum absolute atomic E-state index is 0.205. The van der Waals surface area contributed by atoms with Crippen LogP contribution in [-0.2, 0) is 4.79 Å². The molecule has 2 rings (SSSR count). The van der Waals surface area contributed by atoms with Crippen LogP contribution >= 0.6 is 27.5 Å². The van der Waals surface area contributed by atoms with Gasteiger partial charge in [-0.05, 0) is 62.2 Å². The molecule has 1 atom stereocenters. The van der Waals surface area contributed by atoms with Crippen LogP contribution in [0.5, 0.6) is 5.75 Å². The monoisotopic (exact) mass is 381 g/mol. The summed E-state index contributed by atoms with van der Waals surface area (Å²) in [6.07, 6.45) is -0.612. The van der Waals surface area contributed by atoms with E-state index in [1.165, 1.54) is 0 Å². The fourth-order valence-corrected chi connectivity index (χ4v) is 2.55. The van der Waals surface area contributed by atoms with Gasteiger partial charge in [-0.15, -0.1) is 0 Å². The first-order valence-electron chi connectivity index (χ1n) is 6.86. The van der Waals surface area contributed by atoms with Crippen molar-refractivity contribution >= 4 is 39.1 Å². The lowest BCUT2D eigenvalue weighted by atomic mass is 10.1. The molecular weight excluding hydrogens is 366 g/mol. The Morgan fingerprint density at radius 3 is 2.45 bits per heavy atom. The maximum absolute atomic E-state index is 12.2. The number of carbonyl (C=O) groups is 1. The quantitative estimate of drug-likeness (QED) is 0.796. The Labute approximate surface area is 143 Å². The summed E-state index contributed by atoms with van der Waals surface area (Å²) in [6, 6.07) is 11.1. The average molecular weight is 383 g/mol. The van der Waals surface area contributed by atoms with Crippen molar-refractivity contribution in [3.8, 4) is 5.75 Å². The maximum atomic E-state index is 12.2. The molecule has 116 valence electrons. The maximum Gasteiger partial charge on any atom is 0.265 e. The molecule has 2 aromatic rings. The molecular formula is C17H17BrClNO2. The lowest BCUT2D eigenvalue weighted by Crippen LogP contribution is -2.30. The van der Waals surface area contributed by atoms with Gasteiger partial charge in [0.2, 0.25) is 0 Å². The number of amides is 1. The highest BCUT2D eigenvalue weighted by Crippen LogP contribution is 2.26. The van der Waals surface area contributed by atoms with Gasteiger partial charge in [0.05, 0.1) is 0 Å². The summed E-state index contributed by atoms with van der Waals surface area (Å²) in [7, 11) is 0. The van der Waals surface area contributed by atoms with E-state index in [1.807, 2.05) is 50.2 Å². The molecule has 1 unspecified atom stereocenters. The number of nitrogens with one attached hydrogen (secondary N) is 1. The van der Waals surface area contributed by atoms with Gasteiger partial charge in [0.15, 0.2) is 6.10 Å². The van der Waals surface area contributed by atoms with Crippen LogP contribution in [0, 0.1) is 13.8 Å². The molecule has 5 heteroatoms. The molecule has 0 aliphatic carbocycles. The van der Waals surface area contributed by atoms with Gasteiger partial charge in [0, 0.05) is 15.2 Å². The van der Waals surface area contributed by atoms with Crippen molar-refractivity contribution in [3.63, 3.8) is 0 Å². The lowest BCUT2D eigenvalue weighted by molar-refractivity contribution is -0.122. The van der Waals surface area contributed by atoms with Crippen LogP contribution in [0.15, 0.2) is 40.9 Å². The van der Waals surface area contributed by atoms with Crippen LogP contribution in [0.25, 0.3) is 0 Å². The SMILES string of the molecule is Cc1cc(OC(C)C(=O)Nc2cccc(Br)c2)cc(C)c1Cl. The molecule has 3 nitrogen and oxygen atoms in total. The lowest BCUT2D eigenvalue weighted by Gasteiger charge is -2.16. The molecule has 0 saturated carbocycles. The van der Waals surface area contributed by atoms with Gasteiger partial charge < -0.3 is 10.1 Å². The van der Waals surface area contributed by atoms with Crippen molar-refractivity contribution in [3.05, 3.63) is 57.0 Å². The Hall–Kier alpha value is -1.52. The van der Waals surface area contributed by atoms with Crippen molar-refractivity contribution in [2.45, 2.75) is 26.9 Å². The summed E-state index contributed by atoms with van der Waals surface area (Å²) in [5, 5.41) is 3.54. The highest BCUT2D eigenvalue weighted by Gasteiger charge is 2.16. The highest BCUT2D eigenvalue weighted by atomic mass is 79.9. The molecule has 0 bridgehead atoms. The molecule has 0 saturated heterocycles. The van der Waals surface area contributed by atoms with E-state index >= 15 is 0 Å². The molecule has 0 heterocycles. The van der Waals surface area contributed by atoms with E-state index in [9.17, 15) is 4.79 Å². The van der Waals surface area contributed by atoms with E-state index in [4.69, 9.17) is 16.3 Å². The number of benzene rings is 2. The van der Waals surface area contributed by atoms with Crippen LogP contribution < -0.4 is 10.1 Å². The largest absolute Gasteiger partial charge is 0.481 e. The molecule has 0 aliphatic heterocycles. The standard InChI is InChI=1S/C17H17BrClNO2/c1-10-7-15(8-11(2)16(10)19)22-12(3)17(21)20-14-6-4-5-13(18)9-14/h4-9,12H,1-3H3,(H,20,21). The summed E-state index contributed by atoms with van der Waals surface area (Å²) < 4.78 is 6.62.